The van der Waals surface area contributed by atoms with Crippen molar-refractivity contribution in [2.45, 2.75) is 0 Å². The maximum Gasteiger partial charge on any atom is 0.267 e. The highest BCUT2D eigenvalue weighted by atomic mass is 16.3. The Hall–Kier alpha value is -3.60. The average Bonchev–Trinajstić information content (AvgIpc) is 2.64. The van der Waals surface area contributed by atoms with Crippen molar-refractivity contribution in [3.05, 3.63) is 89.2 Å². The summed E-state index contributed by atoms with van der Waals surface area (Å²) in [7, 11) is 0. The van der Waals surface area contributed by atoms with Crippen LogP contribution in [0.2, 0.25) is 0 Å². The highest BCUT2D eigenvalue weighted by Crippen LogP contribution is 2.25. The average molecular weight is 329 g/mol. The summed E-state index contributed by atoms with van der Waals surface area (Å²) in [6.45, 7) is 0. The molecule has 3 aromatic carbocycles. The Morgan fingerprint density at radius 3 is 2.32 bits per heavy atom. The molecule has 0 atom stereocenters. The van der Waals surface area contributed by atoms with Crippen LogP contribution in [-0.4, -0.2) is 14.7 Å². The predicted octanol–water partition coefficient (Wildman–Crippen LogP) is 3.83. The van der Waals surface area contributed by atoms with E-state index >= 15 is 0 Å². The summed E-state index contributed by atoms with van der Waals surface area (Å²) < 4.78 is 1.39. The second kappa shape index (κ2) is 6.13. The van der Waals surface area contributed by atoms with Crippen molar-refractivity contribution in [3.8, 4) is 11.4 Å². The number of hydrogen-bond acceptors (Lipinski definition) is 4. The van der Waals surface area contributed by atoms with Gasteiger partial charge >= 0.3 is 0 Å². The molecule has 25 heavy (non-hydrogen) atoms. The van der Waals surface area contributed by atoms with Crippen LogP contribution < -0.4 is 10.9 Å². The van der Waals surface area contributed by atoms with Crippen molar-refractivity contribution in [3.63, 3.8) is 0 Å². The molecule has 0 amide bonds. The molecule has 0 aliphatic heterocycles. The van der Waals surface area contributed by atoms with Gasteiger partial charge in [-0.1, -0.05) is 42.5 Å². The van der Waals surface area contributed by atoms with Gasteiger partial charge in [-0.05, 0) is 36.4 Å². The zero-order valence-corrected chi connectivity index (χ0v) is 13.3. The fourth-order valence-electron chi connectivity index (χ4n) is 2.74. The van der Waals surface area contributed by atoms with Crippen LogP contribution >= 0.6 is 0 Å². The first kappa shape index (κ1) is 15.0. The van der Waals surface area contributed by atoms with E-state index in [-0.39, 0.29) is 11.3 Å². The Morgan fingerprint density at radius 1 is 0.840 bits per heavy atom. The van der Waals surface area contributed by atoms with Crippen molar-refractivity contribution in [1.29, 1.82) is 0 Å². The van der Waals surface area contributed by atoms with Crippen molar-refractivity contribution in [1.82, 2.24) is 9.55 Å². The van der Waals surface area contributed by atoms with Crippen LogP contribution in [-0.2, 0) is 0 Å². The molecular weight excluding hydrogens is 314 g/mol. The van der Waals surface area contributed by atoms with Crippen LogP contribution in [0, 0.1) is 0 Å². The van der Waals surface area contributed by atoms with Crippen LogP contribution in [0.25, 0.3) is 16.6 Å². The first-order valence-corrected chi connectivity index (χ1v) is 7.86. The van der Waals surface area contributed by atoms with Gasteiger partial charge in [-0.2, -0.15) is 0 Å². The molecule has 4 rings (SSSR count). The number of nitrogens with one attached hydrogen (secondary N) is 1. The van der Waals surface area contributed by atoms with E-state index < -0.39 is 0 Å². The number of phenols is 1. The third-order valence-corrected chi connectivity index (χ3v) is 3.93. The lowest BCUT2D eigenvalue weighted by Gasteiger charge is -2.15. The third kappa shape index (κ3) is 2.72. The SMILES string of the molecule is O=c1c2ccccc2nc(Nc2ccccc2)n1-c1ccccc1O. The Kier molecular flexibility index (Phi) is 3.67. The number of aromatic nitrogens is 2. The summed E-state index contributed by atoms with van der Waals surface area (Å²) in [6, 6.07) is 23.3. The van der Waals surface area contributed by atoms with E-state index in [0.717, 1.165) is 5.69 Å². The number of nitrogens with zero attached hydrogens (tertiary/aromatic N) is 2. The normalized spacial score (nSPS) is 10.7. The zero-order valence-electron chi connectivity index (χ0n) is 13.3. The van der Waals surface area contributed by atoms with Crippen LogP contribution in [0.15, 0.2) is 83.7 Å². The Morgan fingerprint density at radius 2 is 1.52 bits per heavy atom. The molecule has 122 valence electrons. The zero-order chi connectivity index (χ0) is 17.2. The van der Waals surface area contributed by atoms with E-state index in [0.29, 0.717) is 22.5 Å². The fraction of sp³-hybridized carbons (Fsp3) is 0. The Bertz CT molecular complexity index is 1100. The molecule has 0 spiro atoms. The number of aromatic hydroxyl groups is 1. The van der Waals surface area contributed by atoms with Crippen molar-refractivity contribution >= 4 is 22.5 Å². The first-order chi connectivity index (χ1) is 12.2. The van der Waals surface area contributed by atoms with Gasteiger partial charge in [0.2, 0.25) is 5.95 Å². The molecule has 1 heterocycles. The minimum Gasteiger partial charge on any atom is -0.506 e. The standard InChI is InChI=1S/C20H15N3O2/c24-18-13-7-6-12-17(18)23-19(25)15-10-4-5-11-16(15)22-20(23)21-14-8-2-1-3-9-14/h1-13,24H,(H,21,22). The van der Waals surface area contributed by atoms with Crippen molar-refractivity contribution in [2.75, 3.05) is 5.32 Å². The van der Waals surface area contributed by atoms with Gasteiger partial charge in [-0.3, -0.25) is 4.79 Å². The topological polar surface area (TPSA) is 67.2 Å². The number of para-hydroxylation sites is 4. The monoisotopic (exact) mass is 329 g/mol. The lowest BCUT2D eigenvalue weighted by atomic mass is 10.2. The van der Waals surface area contributed by atoms with E-state index in [9.17, 15) is 9.90 Å². The van der Waals surface area contributed by atoms with Crippen LogP contribution in [0.5, 0.6) is 5.75 Å². The Labute approximate surface area is 143 Å². The van der Waals surface area contributed by atoms with E-state index in [2.05, 4.69) is 10.3 Å². The van der Waals surface area contributed by atoms with Crippen LogP contribution in [0.3, 0.4) is 0 Å². The third-order valence-electron chi connectivity index (χ3n) is 3.93. The second-order valence-electron chi connectivity index (χ2n) is 5.57. The van der Waals surface area contributed by atoms with Gasteiger partial charge in [0.05, 0.1) is 16.6 Å². The maximum absolute atomic E-state index is 13.1. The molecule has 0 bridgehead atoms. The molecule has 0 aliphatic carbocycles. The highest BCUT2D eigenvalue weighted by Gasteiger charge is 2.15. The molecule has 5 heteroatoms. The van der Waals surface area contributed by atoms with Gasteiger partial charge in [0.15, 0.2) is 0 Å². The molecule has 5 nitrogen and oxygen atoms in total. The number of anilines is 2. The van der Waals surface area contributed by atoms with Crippen molar-refractivity contribution in [2.24, 2.45) is 0 Å². The molecule has 0 radical (unpaired) electrons. The molecule has 0 fully saturated rings. The smallest absolute Gasteiger partial charge is 0.267 e. The summed E-state index contributed by atoms with van der Waals surface area (Å²) in [6.07, 6.45) is 0. The molecule has 1 aromatic heterocycles. The van der Waals surface area contributed by atoms with E-state index in [1.54, 1.807) is 42.5 Å². The highest BCUT2D eigenvalue weighted by molar-refractivity contribution is 5.80. The molecule has 0 aliphatic rings. The molecule has 2 N–H and O–H groups in total. The number of phenolic OH excluding ortho intramolecular Hbond substituents is 1. The number of hydrogen-bond donors (Lipinski definition) is 2. The van der Waals surface area contributed by atoms with E-state index in [1.165, 1.54) is 4.57 Å². The minimum absolute atomic E-state index is 0.0118. The second-order valence-corrected chi connectivity index (χ2v) is 5.57. The van der Waals surface area contributed by atoms with Gasteiger partial charge < -0.3 is 10.4 Å². The largest absolute Gasteiger partial charge is 0.506 e. The molecule has 4 aromatic rings. The Balaban J connectivity index is 2.01. The van der Waals surface area contributed by atoms with Crippen LogP contribution in [0.1, 0.15) is 0 Å². The fourth-order valence-corrected chi connectivity index (χ4v) is 2.74. The summed E-state index contributed by atoms with van der Waals surface area (Å²) >= 11 is 0. The van der Waals surface area contributed by atoms with Gasteiger partial charge in [-0.15, -0.1) is 0 Å². The van der Waals surface area contributed by atoms with Gasteiger partial charge in [0.1, 0.15) is 5.75 Å². The molecule has 0 unspecified atom stereocenters. The lowest BCUT2D eigenvalue weighted by Crippen LogP contribution is -2.22. The first-order valence-electron chi connectivity index (χ1n) is 7.86. The number of fused-ring (bicyclic) bond motifs is 1. The van der Waals surface area contributed by atoms with Crippen molar-refractivity contribution < 1.29 is 5.11 Å². The quantitative estimate of drug-likeness (QED) is 0.599. The van der Waals surface area contributed by atoms with Crippen LogP contribution in [0.4, 0.5) is 11.6 Å². The number of rotatable bonds is 3. The summed E-state index contributed by atoms with van der Waals surface area (Å²) in [5.41, 5.74) is 1.53. The maximum atomic E-state index is 13.1. The molecule has 0 saturated heterocycles. The molecular formula is C20H15N3O2. The predicted molar refractivity (Wildman–Crippen MR) is 98.7 cm³/mol. The number of benzene rings is 3. The van der Waals surface area contributed by atoms with Gasteiger partial charge in [-0.25, -0.2) is 9.55 Å². The van der Waals surface area contributed by atoms with E-state index in [4.69, 9.17) is 0 Å². The lowest BCUT2D eigenvalue weighted by molar-refractivity contribution is 0.472. The van der Waals surface area contributed by atoms with Gasteiger partial charge in [0.25, 0.3) is 5.56 Å². The summed E-state index contributed by atoms with van der Waals surface area (Å²) in [5.74, 6) is 0.356. The van der Waals surface area contributed by atoms with E-state index in [1.807, 2.05) is 36.4 Å². The summed E-state index contributed by atoms with van der Waals surface area (Å²) in [5, 5.41) is 13.9. The minimum atomic E-state index is -0.245. The van der Waals surface area contributed by atoms with Gasteiger partial charge in [0, 0.05) is 5.69 Å². The summed E-state index contributed by atoms with van der Waals surface area (Å²) in [4.78, 5) is 17.7. The molecule has 0 saturated carbocycles.